The van der Waals surface area contributed by atoms with E-state index in [1.54, 1.807) is 18.2 Å². The quantitative estimate of drug-likeness (QED) is 0.744. The van der Waals surface area contributed by atoms with E-state index in [9.17, 15) is 13.2 Å². The molecule has 1 aliphatic rings. The highest BCUT2D eigenvalue weighted by Gasteiger charge is 2.31. The van der Waals surface area contributed by atoms with Gasteiger partial charge in [0.05, 0.1) is 16.5 Å². The van der Waals surface area contributed by atoms with Crippen LogP contribution in [0.5, 0.6) is 0 Å². The number of aryl methyl sites for hydroxylation is 1. The Morgan fingerprint density at radius 3 is 2.39 bits per heavy atom. The van der Waals surface area contributed by atoms with Crippen LogP contribution < -0.4 is 5.32 Å². The van der Waals surface area contributed by atoms with Gasteiger partial charge >= 0.3 is 0 Å². The third kappa shape index (κ3) is 5.26. The van der Waals surface area contributed by atoms with Crippen molar-refractivity contribution in [2.24, 2.45) is 5.92 Å². The van der Waals surface area contributed by atoms with Crippen LogP contribution in [0.3, 0.4) is 0 Å². The summed E-state index contributed by atoms with van der Waals surface area (Å²) >= 11 is 12.0. The van der Waals surface area contributed by atoms with Crippen molar-refractivity contribution in [2.75, 3.05) is 18.4 Å². The maximum atomic E-state index is 12.7. The second-order valence-corrected chi connectivity index (χ2v) is 9.84. The number of nitrogens with one attached hydrogen (secondary N) is 1. The van der Waals surface area contributed by atoms with E-state index in [4.69, 9.17) is 23.2 Å². The van der Waals surface area contributed by atoms with Gasteiger partial charge in [-0.05, 0) is 43.5 Å². The molecular formula is C20H22Cl2N2O3S. The molecular weight excluding hydrogens is 419 g/mol. The zero-order valence-corrected chi connectivity index (χ0v) is 17.8. The molecule has 150 valence electrons. The first-order chi connectivity index (χ1) is 13.2. The number of piperidine rings is 1. The van der Waals surface area contributed by atoms with Crippen LogP contribution in [0, 0.1) is 12.8 Å². The zero-order chi connectivity index (χ0) is 20.3. The number of rotatable bonds is 5. The number of hydrogen-bond acceptors (Lipinski definition) is 3. The first-order valence-electron chi connectivity index (χ1n) is 9.04. The first kappa shape index (κ1) is 21.1. The van der Waals surface area contributed by atoms with E-state index in [-0.39, 0.29) is 17.6 Å². The lowest BCUT2D eigenvalue weighted by molar-refractivity contribution is -0.120. The summed E-state index contributed by atoms with van der Waals surface area (Å²) in [5.74, 6) is -0.456. The number of sulfonamides is 1. The number of amides is 1. The minimum Gasteiger partial charge on any atom is -0.324 e. The van der Waals surface area contributed by atoms with Crippen molar-refractivity contribution >= 4 is 44.8 Å². The molecule has 2 aromatic rings. The molecule has 1 fully saturated rings. The Morgan fingerprint density at radius 2 is 1.75 bits per heavy atom. The number of hydrogen-bond donors (Lipinski definition) is 1. The maximum absolute atomic E-state index is 12.7. The van der Waals surface area contributed by atoms with E-state index in [1.165, 1.54) is 4.31 Å². The van der Waals surface area contributed by atoms with E-state index in [2.05, 4.69) is 5.32 Å². The summed E-state index contributed by atoms with van der Waals surface area (Å²) in [5.41, 5.74) is 2.32. The van der Waals surface area contributed by atoms with Gasteiger partial charge in [0.1, 0.15) is 0 Å². The van der Waals surface area contributed by atoms with Gasteiger partial charge in [0.15, 0.2) is 0 Å². The van der Waals surface area contributed by atoms with E-state index in [0.717, 1.165) is 11.1 Å². The molecule has 0 saturated carbocycles. The summed E-state index contributed by atoms with van der Waals surface area (Å²) in [7, 11) is -3.41. The highest BCUT2D eigenvalue weighted by molar-refractivity contribution is 7.88. The number of carbonyl (C=O) groups excluding carboxylic acids is 1. The van der Waals surface area contributed by atoms with Crippen molar-refractivity contribution in [3.05, 3.63) is 63.6 Å². The lowest BCUT2D eigenvalue weighted by atomic mass is 9.97. The molecule has 0 bridgehead atoms. The van der Waals surface area contributed by atoms with Gasteiger partial charge < -0.3 is 5.32 Å². The van der Waals surface area contributed by atoms with Crippen LogP contribution in [-0.4, -0.2) is 31.7 Å². The van der Waals surface area contributed by atoms with Crippen molar-refractivity contribution < 1.29 is 13.2 Å². The number of nitrogens with zero attached hydrogens (tertiary/aromatic N) is 1. The monoisotopic (exact) mass is 440 g/mol. The van der Waals surface area contributed by atoms with Crippen LogP contribution >= 0.6 is 23.2 Å². The van der Waals surface area contributed by atoms with Gasteiger partial charge in [-0.3, -0.25) is 4.79 Å². The molecule has 0 unspecified atom stereocenters. The molecule has 8 heteroatoms. The predicted octanol–water partition coefficient (Wildman–Crippen LogP) is 4.48. The molecule has 5 nitrogen and oxygen atoms in total. The Morgan fingerprint density at radius 1 is 1.11 bits per heavy atom. The van der Waals surface area contributed by atoms with Crippen molar-refractivity contribution in [2.45, 2.75) is 25.5 Å². The lowest BCUT2D eigenvalue weighted by Gasteiger charge is -2.30. The normalized spacial score (nSPS) is 16.1. The molecule has 1 saturated heterocycles. The molecule has 1 heterocycles. The smallest absolute Gasteiger partial charge is 0.227 e. The third-order valence-corrected chi connectivity index (χ3v) is 7.29. The van der Waals surface area contributed by atoms with Crippen molar-refractivity contribution in [3.63, 3.8) is 0 Å². The van der Waals surface area contributed by atoms with Crippen LogP contribution in [0.1, 0.15) is 24.0 Å². The van der Waals surface area contributed by atoms with Gasteiger partial charge in [-0.25, -0.2) is 12.7 Å². The second kappa shape index (κ2) is 8.82. The minimum absolute atomic E-state index is 0.0255. The molecule has 0 aliphatic carbocycles. The fourth-order valence-electron chi connectivity index (χ4n) is 3.21. The number of benzene rings is 2. The standard InChI is InChI=1S/C20H22Cl2N2O3S/c1-14-2-4-15(5-3-14)13-28(26,27)24-10-8-16(9-11-24)20(25)23-19-12-17(21)6-7-18(19)22/h2-7,12,16H,8-11,13H2,1H3,(H,23,25). The average Bonchev–Trinajstić information content (AvgIpc) is 2.66. The summed E-state index contributed by atoms with van der Waals surface area (Å²) in [5, 5.41) is 3.69. The average molecular weight is 441 g/mol. The van der Waals surface area contributed by atoms with Crippen molar-refractivity contribution in [3.8, 4) is 0 Å². The summed E-state index contributed by atoms with van der Waals surface area (Å²) in [4.78, 5) is 12.5. The van der Waals surface area contributed by atoms with Gasteiger partial charge in [0.25, 0.3) is 0 Å². The van der Waals surface area contributed by atoms with Crippen LogP contribution in [0.25, 0.3) is 0 Å². The third-order valence-electron chi connectivity index (χ3n) is 4.87. The largest absolute Gasteiger partial charge is 0.324 e. The molecule has 0 spiro atoms. The van der Waals surface area contributed by atoms with E-state index < -0.39 is 10.0 Å². The topological polar surface area (TPSA) is 66.5 Å². The van der Waals surface area contributed by atoms with Gasteiger partial charge in [0, 0.05) is 24.0 Å². The zero-order valence-electron chi connectivity index (χ0n) is 15.5. The summed E-state index contributed by atoms with van der Waals surface area (Å²) in [6, 6.07) is 12.4. The fourth-order valence-corrected chi connectivity index (χ4v) is 5.11. The Kier molecular flexibility index (Phi) is 6.65. The van der Waals surface area contributed by atoms with E-state index in [1.807, 2.05) is 31.2 Å². The second-order valence-electron chi connectivity index (χ2n) is 7.03. The van der Waals surface area contributed by atoms with Gasteiger partial charge in [0.2, 0.25) is 15.9 Å². The first-order valence-corrected chi connectivity index (χ1v) is 11.4. The summed E-state index contributed by atoms with van der Waals surface area (Å²) in [6.07, 6.45) is 0.939. The highest BCUT2D eigenvalue weighted by atomic mass is 35.5. The van der Waals surface area contributed by atoms with Gasteiger partial charge in [-0.1, -0.05) is 53.0 Å². The van der Waals surface area contributed by atoms with Crippen LogP contribution in [0.15, 0.2) is 42.5 Å². The maximum Gasteiger partial charge on any atom is 0.227 e. The Balaban J connectivity index is 1.58. The molecule has 1 amide bonds. The predicted molar refractivity (Wildman–Crippen MR) is 113 cm³/mol. The van der Waals surface area contributed by atoms with Gasteiger partial charge in [-0.15, -0.1) is 0 Å². The summed E-state index contributed by atoms with van der Waals surface area (Å²) < 4.78 is 26.8. The molecule has 1 N–H and O–H groups in total. The molecule has 0 aromatic heterocycles. The molecule has 28 heavy (non-hydrogen) atoms. The Labute approximate surface area is 175 Å². The van der Waals surface area contributed by atoms with Crippen LogP contribution in [0.2, 0.25) is 10.0 Å². The number of carbonyl (C=O) groups is 1. The fraction of sp³-hybridized carbons (Fsp3) is 0.350. The van der Waals surface area contributed by atoms with E-state index in [0.29, 0.717) is 41.7 Å². The number of halogens is 2. The SMILES string of the molecule is Cc1ccc(CS(=O)(=O)N2CCC(C(=O)Nc3cc(Cl)ccc3Cl)CC2)cc1. The lowest BCUT2D eigenvalue weighted by Crippen LogP contribution is -2.41. The molecule has 3 rings (SSSR count). The Bertz CT molecular complexity index is 954. The molecule has 1 aliphatic heterocycles. The molecule has 0 atom stereocenters. The van der Waals surface area contributed by atoms with Crippen molar-refractivity contribution in [1.82, 2.24) is 4.31 Å². The summed E-state index contributed by atoms with van der Waals surface area (Å²) in [6.45, 7) is 2.62. The van der Waals surface area contributed by atoms with Crippen LogP contribution in [0.4, 0.5) is 5.69 Å². The molecule has 0 radical (unpaired) electrons. The Hall–Kier alpha value is -1.60. The number of anilines is 1. The molecule has 2 aromatic carbocycles. The van der Waals surface area contributed by atoms with E-state index >= 15 is 0 Å². The highest BCUT2D eigenvalue weighted by Crippen LogP contribution is 2.28. The van der Waals surface area contributed by atoms with Crippen molar-refractivity contribution in [1.29, 1.82) is 0 Å². The van der Waals surface area contributed by atoms with Gasteiger partial charge in [-0.2, -0.15) is 0 Å². The minimum atomic E-state index is -3.41. The van der Waals surface area contributed by atoms with Crippen LogP contribution in [-0.2, 0) is 20.6 Å².